The Bertz CT molecular complexity index is 612. The molecule has 5 nitrogen and oxygen atoms in total. The van der Waals surface area contributed by atoms with E-state index in [0.717, 1.165) is 17.5 Å². The van der Waals surface area contributed by atoms with Crippen molar-refractivity contribution >= 4 is 12.1 Å². The normalized spacial score (nSPS) is 15.0. The van der Waals surface area contributed by atoms with E-state index >= 15 is 0 Å². The summed E-state index contributed by atoms with van der Waals surface area (Å²) in [6, 6.07) is 5.65. The number of ether oxygens (including phenoxy) is 2. The van der Waals surface area contributed by atoms with Gasteiger partial charge in [-0.05, 0) is 70.2 Å². The number of rotatable bonds is 4. The first-order chi connectivity index (χ1) is 11.2. The van der Waals surface area contributed by atoms with Crippen molar-refractivity contribution < 1.29 is 19.1 Å². The van der Waals surface area contributed by atoms with Crippen LogP contribution in [0.4, 0.5) is 4.79 Å². The molecule has 0 saturated carbocycles. The topological polar surface area (TPSA) is 55.8 Å². The zero-order chi connectivity index (χ0) is 17.9. The fourth-order valence-electron chi connectivity index (χ4n) is 2.72. The molecule has 1 aromatic rings. The van der Waals surface area contributed by atoms with Gasteiger partial charge in [-0.15, -0.1) is 0 Å². The summed E-state index contributed by atoms with van der Waals surface area (Å²) in [7, 11) is 0. The van der Waals surface area contributed by atoms with Crippen LogP contribution in [0.5, 0.6) is 0 Å². The van der Waals surface area contributed by atoms with E-state index in [1.165, 1.54) is 0 Å². The molecule has 0 atom stereocenters. The molecule has 0 bridgehead atoms. The molecule has 1 heterocycles. The number of esters is 1. The van der Waals surface area contributed by atoms with Crippen LogP contribution in [0.25, 0.3) is 0 Å². The minimum Gasteiger partial charge on any atom is -0.462 e. The molecule has 0 radical (unpaired) electrons. The second-order valence-electron chi connectivity index (χ2n) is 7.32. The molecule has 132 valence electrons. The molecule has 1 saturated heterocycles. The second-order valence-corrected chi connectivity index (χ2v) is 7.32. The number of benzene rings is 1. The van der Waals surface area contributed by atoms with Crippen molar-refractivity contribution in [2.75, 3.05) is 19.7 Å². The van der Waals surface area contributed by atoms with Crippen LogP contribution in [-0.4, -0.2) is 42.3 Å². The molecule has 1 fully saturated rings. The second kappa shape index (κ2) is 7.24. The van der Waals surface area contributed by atoms with Crippen LogP contribution in [0.1, 0.15) is 49.2 Å². The number of carbonyl (C=O) groups is 2. The number of amides is 1. The monoisotopic (exact) mass is 333 g/mol. The average Bonchev–Trinajstić information content (AvgIpc) is 2.42. The van der Waals surface area contributed by atoms with Gasteiger partial charge in [0.2, 0.25) is 0 Å². The molecular weight excluding hydrogens is 306 g/mol. The molecule has 2 rings (SSSR count). The van der Waals surface area contributed by atoms with Crippen LogP contribution in [0, 0.1) is 12.8 Å². The average molecular weight is 333 g/mol. The summed E-state index contributed by atoms with van der Waals surface area (Å²) in [6.45, 7) is 11.2. The Kier molecular flexibility index (Phi) is 5.52. The Labute approximate surface area is 143 Å². The van der Waals surface area contributed by atoms with E-state index in [4.69, 9.17) is 9.47 Å². The summed E-state index contributed by atoms with van der Waals surface area (Å²) >= 11 is 0. The van der Waals surface area contributed by atoms with Gasteiger partial charge < -0.3 is 14.4 Å². The summed E-state index contributed by atoms with van der Waals surface area (Å²) in [6.07, 6.45) is 0.592. The van der Waals surface area contributed by atoms with E-state index in [1.54, 1.807) is 17.9 Å². The fraction of sp³-hybridized carbons (Fsp3) is 0.579. The smallest absolute Gasteiger partial charge is 0.410 e. The van der Waals surface area contributed by atoms with Crippen molar-refractivity contribution in [1.82, 2.24) is 4.90 Å². The zero-order valence-corrected chi connectivity index (χ0v) is 15.2. The van der Waals surface area contributed by atoms with Gasteiger partial charge in [-0.2, -0.15) is 0 Å². The van der Waals surface area contributed by atoms with Gasteiger partial charge in [0.15, 0.2) is 0 Å². The van der Waals surface area contributed by atoms with Crippen molar-refractivity contribution in [3.8, 4) is 0 Å². The van der Waals surface area contributed by atoms with Crippen LogP contribution in [0.3, 0.4) is 0 Å². The predicted octanol–water partition coefficient (Wildman–Crippen LogP) is 3.58. The molecule has 0 unspecified atom stereocenters. The number of hydrogen-bond acceptors (Lipinski definition) is 4. The molecule has 5 heteroatoms. The summed E-state index contributed by atoms with van der Waals surface area (Å²) in [5.74, 6) is 0.108. The fourth-order valence-corrected chi connectivity index (χ4v) is 2.72. The van der Waals surface area contributed by atoms with Crippen molar-refractivity contribution in [3.63, 3.8) is 0 Å². The molecule has 24 heavy (non-hydrogen) atoms. The molecule has 1 aromatic carbocycles. The van der Waals surface area contributed by atoms with Gasteiger partial charge in [-0.3, -0.25) is 0 Å². The Morgan fingerprint density at radius 2 is 1.92 bits per heavy atom. The van der Waals surface area contributed by atoms with Gasteiger partial charge in [-0.25, -0.2) is 9.59 Å². The Morgan fingerprint density at radius 3 is 2.50 bits per heavy atom. The Balaban J connectivity index is 1.93. The third-order valence-corrected chi connectivity index (χ3v) is 3.98. The van der Waals surface area contributed by atoms with Gasteiger partial charge in [-0.1, -0.05) is 6.07 Å². The van der Waals surface area contributed by atoms with Crippen molar-refractivity contribution in [2.24, 2.45) is 5.92 Å². The molecule has 1 aliphatic heterocycles. The number of aryl methyl sites for hydroxylation is 1. The van der Waals surface area contributed by atoms with Crippen molar-refractivity contribution in [3.05, 3.63) is 34.9 Å². The van der Waals surface area contributed by atoms with Crippen LogP contribution in [0.15, 0.2) is 18.2 Å². The SMILES string of the molecule is CCOC(=O)c1ccc(C)c(CC2CN(C(=O)OC(C)(C)C)C2)c1. The first-order valence-corrected chi connectivity index (χ1v) is 8.44. The summed E-state index contributed by atoms with van der Waals surface area (Å²) in [4.78, 5) is 25.5. The highest BCUT2D eigenvalue weighted by atomic mass is 16.6. The van der Waals surface area contributed by atoms with E-state index in [2.05, 4.69) is 0 Å². The maximum Gasteiger partial charge on any atom is 0.410 e. The van der Waals surface area contributed by atoms with Crippen molar-refractivity contribution in [2.45, 2.75) is 46.6 Å². The van der Waals surface area contributed by atoms with Crippen LogP contribution >= 0.6 is 0 Å². The van der Waals surface area contributed by atoms with E-state index in [-0.39, 0.29) is 12.1 Å². The maximum atomic E-state index is 12.0. The third-order valence-electron chi connectivity index (χ3n) is 3.98. The largest absolute Gasteiger partial charge is 0.462 e. The maximum absolute atomic E-state index is 12.0. The summed E-state index contributed by atoms with van der Waals surface area (Å²) < 4.78 is 10.4. The highest BCUT2D eigenvalue weighted by Gasteiger charge is 2.33. The van der Waals surface area contributed by atoms with Gasteiger partial charge in [0.05, 0.1) is 12.2 Å². The number of hydrogen-bond donors (Lipinski definition) is 0. The minimum absolute atomic E-state index is 0.254. The molecule has 0 N–H and O–H groups in total. The lowest BCUT2D eigenvalue weighted by atomic mass is 9.89. The third kappa shape index (κ3) is 4.73. The molecule has 1 amide bonds. The number of nitrogens with zero attached hydrogens (tertiary/aromatic N) is 1. The van der Waals surface area contributed by atoms with Gasteiger partial charge in [0, 0.05) is 13.1 Å². The minimum atomic E-state index is -0.466. The van der Waals surface area contributed by atoms with E-state index < -0.39 is 5.60 Å². The first-order valence-electron chi connectivity index (χ1n) is 8.44. The van der Waals surface area contributed by atoms with Gasteiger partial charge in [0.25, 0.3) is 0 Å². The first kappa shape index (κ1) is 18.3. The van der Waals surface area contributed by atoms with Gasteiger partial charge in [0.1, 0.15) is 5.60 Å². The molecule has 0 aliphatic carbocycles. The van der Waals surface area contributed by atoms with E-state index in [0.29, 0.717) is 31.2 Å². The van der Waals surface area contributed by atoms with Crippen molar-refractivity contribution in [1.29, 1.82) is 0 Å². The van der Waals surface area contributed by atoms with E-state index in [1.807, 2.05) is 39.8 Å². The Morgan fingerprint density at radius 1 is 1.25 bits per heavy atom. The van der Waals surface area contributed by atoms with E-state index in [9.17, 15) is 9.59 Å². The predicted molar refractivity (Wildman–Crippen MR) is 92.1 cm³/mol. The van der Waals surface area contributed by atoms with Crippen LogP contribution in [-0.2, 0) is 15.9 Å². The lowest BCUT2D eigenvalue weighted by molar-refractivity contribution is -0.000894. The lowest BCUT2D eigenvalue weighted by Crippen LogP contribution is -2.52. The molecule has 1 aliphatic rings. The Hall–Kier alpha value is -2.04. The van der Waals surface area contributed by atoms with Crippen LogP contribution < -0.4 is 0 Å². The quantitative estimate of drug-likeness (QED) is 0.790. The summed E-state index contributed by atoms with van der Waals surface area (Å²) in [5.41, 5.74) is 2.40. The lowest BCUT2D eigenvalue weighted by Gasteiger charge is -2.40. The highest BCUT2D eigenvalue weighted by molar-refractivity contribution is 5.89. The zero-order valence-electron chi connectivity index (χ0n) is 15.2. The standard InChI is InChI=1S/C19H27NO4/c1-6-23-17(21)15-8-7-13(2)16(10-15)9-14-11-20(12-14)18(22)24-19(3,4)5/h7-8,10,14H,6,9,11-12H2,1-5H3. The van der Waals surface area contributed by atoms with Crippen LogP contribution in [0.2, 0.25) is 0 Å². The molecule has 0 aromatic heterocycles. The molecular formula is C19H27NO4. The van der Waals surface area contributed by atoms with Gasteiger partial charge >= 0.3 is 12.1 Å². The highest BCUT2D eigenvalue weighted by Crippen LogP contribution is 2.25. The molecule has 0 spiro atoms. The number of carbonyl (C=O) groups excluding carboxylic acids is 2. The summed E-state index contributed by atoms with van der Waals surface area (Å²) in [5, 5.41) is 0. The number of likely N-dealkylation sites (tertiary alicyclic amines) is 1.